The Hall–Kier alpha value is -2.82. The standard InChI is InChI=1S/C23H29N3O2/c1-6-24-21-19(16(2)25-23(4)13-14-23)20(17(3)28-21)22(27)26(5)15-12-18-10-8-7-9-11-18/h6-11,24H,1,12-15H2,2-5H3. The third-order valence-corrected chi connectivity index (χ3v) is 5.23. The van der Waals surface area contributed by atoms with Gasteiger partial charge in [0.1, 0.15) is 5.76 Å². The van der Waals surface area contributed by atoms with E-state index < -0.39 is 0 Å². The van der Waals surface area contributed by atoms with Gasteiger partial charge in [-0.25, -0.2) is 0 Å². The molecule has 1 aliphatic carbocycles. The topological polar surface area (TPSA) is 57.8 Å². The smallest absolute Gasteiger partial charge is 0.257 e. The van der Waals surface area contributed by atoms with Crippen LogP contribution in [0.3, 0.4) is 0 Å². The first kappa shape index (κ1) is 19.9. The molecule has 0 saturated heterocycles. The number of rotatable bonds is 8. The van der Waals surface area contributed by atoms with Gasteiger partial charge >= 0.3 is 0 Å². The molecule has 0 aliphatic heterocycles. The number of aryl methyl sites for hydroxylation is 1. The van der Waals surface area contributed by atoms with Gasteiger partial charge in [0, 0.05) is 19.3 Å². The second-order valence-corrected chi connectivity index (χ2v) is 7.74. The van der Waals surface area contributed by atoms with E-state index >= 15 is 0 Å². The Bertz CT molecular complexity index is 892. The Kier molecular flexibility index (Phi) is 5.73. The summed E-state index contributed by atoms with van der Waals surface area (Å²) in [5, 5.41) is 3.02. The maximum absolute atomic E-state index is 13.3. The van der Waals surface area contributed by atoms with Crippen LogP contribution in [0, 0.1) is 6.92 Å². The lowest BCUT2D eigenvalue weighted by atomic mass is 10.0. The second-order valence-electron chi connectivity index (χ2n) is 7.74. The maximum atomic E-state index is 13.3. The molecule has 1 aromatic heterocycles. The number of benzene rings is 1. The van der Waals surface area contributed by atoms with Crippen molar-refractivity contribution in [3.05, 3.63) is 65.6 Å². The molecule has 1 saturated carbocycles. The predicted molar refractivity (Wildman–Crippen MR) is 114 cm³/mol. The van der Waals surface area contributed by atoms with Crippen LogP contribution in [0.25, 0.3) is 0 Å². The highest BCUT2D eigenvalue weighted by atomic mass is 16.4. The molecular weight excluding hydrogens is 350 g/mol. The van der Waals surface area contributed by atoms with E-state index in [1.54, 1.807) is 11.1 Å². The van der Waals surface area contributed by atoms with E-state index in [2.05, 4.69) is 31.0 Å². The molecule has 0 spiro atoms. The highest BCUT2D eigenvalue weighted by Crippen LogP contribution is 2.40. The van der Waals surface area contributed by atoms with Crippen LogP contribution >= 0.6 is 0 Å². The molecule has 0 unspecified atom stereocenters. The third kappa shape index (κ3) is 4.35. The lowest BCUT2D eigenvalue weighted by Gasteiger charge is -2.18. The van der Waals surface area contributed by atoms with Gasteiger partial charge < -0.3 is 14.6 Å². The maximum Gasteiger partial charge on any atom is 0.257 e. The number of anilines is 1. The molecule has 1 fully saturated rings. The van der Waals surface area contributed by atoms with Crippen LogP contribution in [-0.2, 0) is 6.42 Å². The summed E-state index contributed by atoms with van der Waals surface area (Å²) in [5.41, 5.74) is 3.33. The van der Waals surface area contributed by atoms with Crippen molar-refractivity contribution in [3.63, 3.8) is 0 Å². The first-order chi connectivity index (χ1) is 13.3. The van der Waals surface area contributed by atoms with E-state index in [0.29, 0.717) is 23.8 Å². The van der Waals surface area contributed by atoms with Crippen LogP contribution in [0.4, 0.5) is 5.88 Å². The van der Waals surface area contributed by atoms with Crippen molar-refractivity contribution >= 4 is 17.5 Å². The average molecular weight is 380 g/mol. The largest absolute Gasteiger partial charge is 0.444 e. The minimum absolute atomic E-state index is 0.0137. The number of carbonyl (C=O) groups is 1. The Balaban J connectivity index is 1.88. The van der Waals surface area contributed by atoms with E-state index in [4.69, 9.17) is 9.41 Å². The highest BCUT2D eigenvalue weighted by molar-refractivity contribution is 6.13. The molecule has 0 atom stereocenters. The second kappa shape index (κ2) is 8.05. The van der Waals surface area contributed by atoms with Gasteiger partial charge in [-0.3, -0.25) is 9.79 Å². The van der Waals surface area contributed by atoms with Crippen LogP contribution in [0.2, 0.25) is 0 Å². The highest BCUT2D eigenvalue weighted by Gasteiger charge is 2.38. The van der Waals surface area contributed by atoms with Gasteiger partial charge in [0.25, 0.3) is 5.91 Å². The molecule has 1 N–H and O–H groups in total. The summed E-state index contributed by atoms with van der Waals surface area (Å²) >= 11 is 0. The number of carbonyl (C=O) groups excluding carboxylic acids is 1. The molecule has 1 aliphatic rings. The Morgan fingerprint density at radius 3 is 2.61 bits per heavy atom. The molecule has 3 rings (SSSR count). The van der Waals surface area contributed by atoms with Gasteiger partial charge in [0.2, 0.25) is 5.88 Å². The van der Waals surface area contributed by atoms with Crippen molar-refractivity contribution in [3.8, 4) is 0 Å². The summed E-state index contributed by atoms with van der Waals surface area (Å²) in [7, 11) is 1.83. The molecule has 28 heavy (non-hydrogen) atoms. The fraction of sp³-hybridized carbons (Fsp3) is 0.391. The first-order valence-electron chi connectivity index (χ1n) is 9.71. The van der Waals surface area contributed by atoms with Crippen molar-refractivity contribution in [1.82, 2.24) is 4.90 Å². The van der Waals surface area contributed by atoms with E-state index in [0.717, 1.165) is 30.5 Å². The summed E-state index contributed by atoms with van der Waals surface area (Å²) in [5.74, 6) is 1.06. The summed E-state index contributed by atoms with van der Waals surface area (Å²) in [6.45, 7) is 10.3. The lowest BCUT2D eigenvalue weighted by molar-refractivity contribution is 0.0794. The summed E-state index contributed by atoms with van der Waals surface area (Å²) in [6.07, 6.45) is 4.51. The molecule has 1 aromatic carbocycles. The number of hydrogen-bond acceptors (Lipinski definition) is 4. The molecule has 5 nitrogen and oxygen atoms in total. The van der Waals surface area contributed by atoms with Crippen molar-refractivity contribution in [1.29, 1.82) is 0 Å². The molecule has 2 aromatic rings. The summed E-state index contributed by atoms with van der Waals surface area (Å²) in [4.78, 5) is 19.9. The SMILES string of the molecule is C=CNc1oc(C)c(C(=O)N(C)CCc2ccccc2)c1C(C)=NC1(C)CC1. The zero-order valence-corrected chi connectivity index (χ0v) is 17.2. The van der Waals surface area contributed by atoms with Crippen molar-refractivity contribution in [2.75, 3.05) is 18.9 Å². The minimum atomic E-state index is -0.0557. The fourth-order valence-corrected chi connectivity index (χ4v) is 3.33. The molecule has 148 valence electrons. The van der Waals surface area contributed by atoms with Crippen molar-refractivity contribution in [2.24, 2.45) is 4.99 Å². The van der Waals surface area contributed by atoms with E-state index in [1.165, 1.54) is 5.56 Å². The lowest BCUT2D eigenvalue weighted by Crippen LogP contribution is -2.30. The summed E-state index contributed by atoms with van der Waals surface area (Å²) < 4.78 is 5.87. The molecule has 1 amide bonds. The zero-order valence-electron chi connectivity index (χ0n) is 17.2. The van der Waals surface area contributed by atoms with Gasteiger partial charge in [-0.1, -0.05) is 36.9 Å². The number of likely N-dealkylation sites (N-methyl/N-ethyl adjacent to an activating group) is 1. The van der Waals surface area contributed by atoms with Gasteiger partial charge in [-0.05, 0) is 51.8 Å². The Morgan fingerprint density at radius 1 is 1.32 bits per heavy atom. The van der Waals surface area contributed by atoms with Crippen molar-refractivity contribution < 1.29 is 9.21 Å². The van der Waals surface area contributed by atoms with Crippen LogP contribution in [0.5, 0.6) is 0 Å². The monoisotopic (exact) mass is 379 g/mol. The number of furan rings is 1. The third-order valence-electron chi connectivity index (χ3n) is 5.23. The van der Waals surface area contributed by atoms with Crippen LogP contribution in [-0.4, -0.2) is 35.7 Å². The van der Waals surface area contributed by atoms with Crippen LogP contribution in [0.15, 0.2) is 52.5 Å². The van der Waals surface area contributed by atoms with Gasteiger partial charge in [0.15, 0.2) is 0 Å². The summed E-state index contributed by atoms with van der Waals surface area (Å²) in [6, 6.07) is 10.2. The Labute approximate surface area is 167 Å². The molecule has 0 radical (unpaired) electrons. The number of nitrogens with zero attached hydrogens (tertiary/aromatic N) is 2. The quantitative estimate of drug-likeness (QED) is 0.669. The molecule has 5 heteroatoms. The van der Waals surface area contributed by atoms with Crippen molar-refractivity contribution in [2.45, 2.75) is 45.6 Å². The predicted octanol–water partition coefficient (Wildman–Crippen LogP) is 4.82. The number of hydrogen-bond donors (Lipinski definition) is 1. The first-order valence-corrected chi connectivity index (χ1v) is 9.71. The number of amides is 1. The Morgan fingerprint density at radius 2 is 2.00 bits per heavy atom. The van der Waals surface area contributed by atoms with Gasteiger partial charge in [-0.2, -0.15) is 0 Å². The fourth-order valence-electron chi connectivity index (χ4n) is 3.33. The number of nitrogens with one attached hydrogen (secondary N) is 1. The van der Waals surface area contributed by atoms with Crippen LogP contribution in [0.1, 0.15) is 53.9 Å². The zero-order chi connectivity index (χ0) is 20.3. The van der Waals surface area contributed by atoms with Gasteiger partial charge in [0.05, 0.1) is 16.7 Å². The minimum Gasteiger partial charge on any atom is -0.444 e. The van der Waals surface area contributed by atoms with E-state index in [1.807, 2.05) is 39.1 Å². The van der Waals surface area contributed by atoms with E-state index in [9.17, 15) is 4.79 Å². The van der Waals surface area contributed by atoms with Crippen LogP contribution < -0.4 is 5.32 Å². The molecule has 0 bridgehead atoms. The number of aliphatic imine (C=N–C) groups is 1. The van der Waals surface area contributed by atoms with Gasteiger partial charge in [-0.15, -0.1) is 0 Å². The molecular formula is C23H29N3O2. The van der Waals surface area contributed by atoms with E-state index in [-0.39, 0.29) is 11.4 Å². The average Bonchev–Trinajstić information content (AvgIpc) is 3.30. The molecule has 1 heterocycles. The normalized spacial score (nSPS) is 15.2.